The highest BCUT2D eigenvalue weighted by molar-refractivity contribution is 6.01. The van der Waals surface area contributed by atoms with E-state index in [0.29, 0.717) is 19.7 Å². The van der Waals surface area contributed by atoms with Crippen LogP contribution in [0.5, 0.6) is 0 Å². The van der Waals surface area contributed by atoms with Crippen LogP contribution in [0.1, 0.15) is 15.9 Å². The molecule has 3 rings (SSSR count). The number of anilines is 2. The summed E-state index contributed by atoms with van der Waals surface area (Å²) in [4.78, 5) is 25.5. The van der Waals surface area contributed by atoms with Crippen LogP contribution in [0.25, 0.3) is 0 Å². The van der Waals surface area contributed by atoms with Gasteiger partial charge >= 0.3 is 0 Å². The summed E-state index contributed by atoms with van der Waals surface area (Å²) >= 11 is 0. The van der Waals surface area contributed by atoms with Crippen molar-refractivity contribution < 1.29 is 14.5 Å². The van der Waals surface area contributed by atoms with Crippen LogP contribution in [-0.4, -0.2) is 55.1 Å². The molecule has 0 bridgehead atoms. The summed E-state index contributed by atoms with van der Waals surface area (Å²) < 4.78 is 5.76. The van der Waals surface area contributed by atoms with Gasteiger partial charge in [-0.05, 0) is 11.6 Å². The van der Waals surface area contributed by atoms with Crippen molar-refractivity contribution >= 4 is 23.0 Å². The maximum atomic E-state index is 12.6. The molecule has 29 heavy (non-hydrogen) atoms. The summed E-state index contributed by atoms with van der Waals surface area (Å²) in [6.07, 6.45) is -0.163. The Morgan fingerprint density at radius 3 is 2.79 bits per heavy atom. The molecule has 0 radical (unpaired) electrons. The maximum Gasteiger partial charge on any atom is 0.293 e. The van der Waals surface area contributed by atoms with E-state index >= 15 is 0 Å². The Bertz CT molecular complexity index is 875. The van der Waals surface area contributed by atoms with Crippen molar-refractivity contribution in [2.45, 2.75) is 12.6 Å². The molecule has 9 nitrogen and oxygen atoms in total. The first-order chi connectivity index (χ1) is 14.0. The van der Waals surface area contributed by atoms with Crippen LogP contribution in [0, 0.1) is 10.1 Å². The van der Waals surface area contributed by atoms with E-state index in [2.05, 4.69) is 27.7 Å². The van der Waals surface area contributed by atoms with E-state index in [0.717, 1.165) is 13.1 Å². The first-order valence-corrected chi connectivity index (χ1v) is 9.39. The highest BCUT2D eigenvalue weighted by atomic mass is 16.6. The molecule has 0 spiro atoms. The van der Waals surface area contributed by atoms with Crippen molar-refractivity contribution in [2.24, 2.45) is 0 Å². The predicted molar refractivity (Wildman–Crippen MR) is 111 cm³/mol. The average Bonchev–Trinajstić information content (AvgIpc) is 2.72. The Kier molecular flexibility index (Phi) is 6.63. The first kappa shape index (κ1) is 20.6. The number of morpholine rings is 1. The lowest BCUT2D eigenvalue weighted by atomic mass is 10.1. The number of nitro groups is 1. The van der Waals surface area contributed by atoms with Crippen molar-refractivity contribution in [3.63, 3.8) is 0 Å². The lowest BCUT2D eigenvalue weighted by Crippen LogP contribution is -2.47. The summed E-state index contributed by atoms with van der Waals surface area (Å²) in [5.74, 6) is -0.461. The number of nitrogens with zero attached hydrogens (tertiary/aromatic N) is 2. The van der Waals surface area contributed by atoms with Crippen LogP contribution in [-0.2, 0) is 11.3 Å². The van der Waals surface area contributed by atoms with E-state index in [4.69, 9.17) is 10.5 Å². The van der Waals surface area contributed by atoms with Crippen molar-refractivity contribution in [1.82, 2.24) is 10.2 Å². The summed E-state index contributed by atoms with van der Waals surface area (Å²) in [7, 11) is 1.56. The molecule has 0 aliphatic carbocycles. The molecule has 0 saturated carbocycles. The molecular formula is C20H25N5O4. The lowest BCUT2D eigenvalue weighted by Gasteiger charge is -2.33. The third-order valence-corrected chi connectivity index (χ3v) is 4.84. The fourth-order valence-electron chi connectivity index (χ4n) is 3.34. The fourth-order valence-corrected chi connectivity index (χ4v) is 3.34. The Morgan fingerprint density at radius 2 is 2.10 bits per heavy atom. The Morgan fingerprint density at radius 1 is 1.34 bits per heavy atom. The van der Waals surface area contributed by atoms with E-state index < -0.39 is 10.8 Å². The summed E-state index contributed by atoms with van der Waals surface area (Å²) in [5.41, 5.74) is 7.46. The van der Waals surface area contributed by atoms with E-state index in [9.17, 15) is 14.9 Å². The second-order valence-corrected chi connectivity index (χ2v) is 6.89. The second kappa shape index (κ2) is 9.35. The van der Waals surface area contributed by atoms with Gasteiger partial charge in [-0.15, -0.1) is 0 Å². The molecule has 9 heteroatoms. The molecule has 1 unspecified atom stereocenters. The number of hydrogen-bond donors (Lipinski definition) is 3. The quantitative estimate of drug-likeness (QED) is 0.369. The van der Waals surface area contributed by atoms with E-state index in [1.54, 1.807) is 7.05 Å². The highest BCUT2D eigenvalue weighted by Crippen LogP contribution is 2.29. The van der Waals surface area contributed by atoms with Gasteiger partial charge < -0.3 is 21.1 Å². The number of rotatable bonds is 7. The number of nitrogen functional groups attached to an aromatic ring is 1. The minimum Gasteiger partial charge on any atom is -0.398 e. The Hall–Kier alpha value is -3.17. The highest BCUT2D eigenvalue weighted by Gasteiger charge is 2.23. The molecule has 1 atom stereocenters. The minimum atomic E-state index is -0.548. The number of hydrogen-bond acceptors (Lipinski definition) is 7. The summed E-state index contributed by atoms with van der Waals surface area (Å²) in [6, 6.07) is 12.8. The average molecular weight is 399 g/mol. The number of carbonyl (C=O) groups excluding carboxylic acids is 1. The molecule has 1 amide bonds. The Balaban J connectivity index is 1.60. The van der Waals surface area contributed by atoms with E-state index in [1.165, 1.54) is 17.7 Å². The van der Waals surface area contributed by atoms with Crippen molar-refractivity contribution in [3.05, 3.63) is 63.7 Å². The normalized spacial score (nSPS) is 16.9. The molecule has 4 N–H and O–H groups in total. The molecule has 154 valence electrons. The topological polar surface area (TPSA) is 123 Å². The van der Waals surface area contributed by atoms with Gasteiger partial charge in [0, 0.05) is 45.0 Å². The van der Waals surface area contributed by atoms with Gasteiger partial charge in [-0.25, -0.2) is 0 Å². The number of nitro benzene ring substituents is 1. The zero-order valence-corrected chi connectivity index (χ0v) is 16.3. The van der Waals surface area contributed by atoms with Gasteiger partial charge in [-0.3, -0.25) is 19.8 Å². The standard InChI is InChI=1S/C20H25N5O4/c1-22-18-10-17(21)16(9-19(18)25(27)28)20(26)23-11-15-13-24(7-8-29-15)12-14-5-3-2-4-6-14/h2-6,9-10,15,22H,7-8,11-13,21H2,1H3,(H,23,26). The van der Waals surface area contributed by atoms with Gasteiger partial charge in [0.25, 0.3) is 11.6 Å². The molecule has 1 aliphatic rings. The number of ether oxygens (including phenoxy) is 1. The fraction of sp³-hybridized carbons (Fsp3) is 0.350. The molecule has 1 heterocycles. The van der Waals surface area contributed by atoms with Crippen LogP contribution in [0.3, 0.4) is 0 Å². The van der Waals surface area contributed by atoms with Crippen LogP contribution in [0.4, 0.5) is 17.1 Å². The number of nitrogens with two attached hydrogens (primary N) is 1. The van der Waals surface area contributed by atoms with Crippen molar-refractivity contribution in [3.8, 4) is 0 Å². The van der Waals surface area contributed by atoms with Crippen LogP contribution in [0.2, 0.25) is 0 Å². The molecule has 1 saturated heterocycles. The largest absolute Gasteiger partial charge is 0.398 e. The van der Waals surface area contributed by atoms with Gasteiger partial charge in [-0.1, -0.05) is 30.3 Å². The molecular weight excluding hydrogens is 374 g/mol. The summed E-state index contributed by atoms with van der Waals surface area (Å²) in [5, 5.41) is 16.7. The molecule has 2 aromatic rings. The minimum absolute atomic E-state index is 0.0765. The van der Waals surface area contributed by atoms with E-state index in [-0.39, 0.29) is 28.7 Å². The SMILES string of the molecule is CNc1cc(N)c(C(=O)NCC2CN(Cc3ccccc3)CCO2)cc1[N+](=O)[O-]. The second-order valence-electron chi connectivity index (χ2n) is 6.89. The third-order valence-electron chi connectivity index (χ3n) is 4.84. The number of nitrogens with one attached hydrogen (secondary N) is 2. The van der Waals surface area contributed by atoms with E-state index in [1.807, 2.05) is 18.2 Å². The third kappa shape index (κ3) is 5.21. The predicted octanol–water partition coefficient (Wildman–Crippen LogP) is 1.85. The first-order valence-electron chi connectivity index (χ1n) is 9.39. The van der Waals surface area contributed by atoms with Crippen LogP contribution >= 0.6 is 0 Å². The van der Waals surface area contributed by atoms with Crippen molar-refractivity contribution in [2.75, 3.05) is 44.3 Å². The summed E-state index contributed by atoms with van der Waals surface area (Å²) in [6.45, 7) is 3.20. The number of amides is 1. The molecule has 0 aromatic heterocycles. The smallest absolute Gasteiger partial charge is 0.293 e. The van der Waals surface area contributed by atoms with Gasteiger partial charge in [0.15, 0.2) is 0 Å². The van der Waals surface area contributed by atoms with Crippen LogP contribution < -0.4 is 16.4 Å². The van der Waals surface area contributed by atoms with Gasteiger partial charge in [0.05, 0.1) is 23.2 Å². The van der Waals surface area contributed by atoms with Crippen molar-refractivity contribution in [1.29, 1.82) is 0 Å². The lowest BCUT2D eigenvalue weighted by molar-refractivity contribution is -0.383. The number of benzene rings is 2. The zero-order valence-electron chi connectivity index (χ0n) is 16.3. The molecule has 1 aliphatic heterocycles. The Labute approximate surface area is 169 Å². The van der Waals surface area contributed by atoms with Gasteiger partial charge in [-0.2, -0.15) is 0 Å². The number of carbonyl (C=O) groups is 1. The maximum absolute atomic E-state index is 12.6. The monoisotopic (exact) mass is 399 g/mol. The molecule has 2 aromatic carbocycles. The van der Waals surface area contributed by atoms with Crippen LogP contribution in [0.15, 0.2) is 42.5 Å². The van der Waals surface area contributed by atoms with Gasteiger partial charge in [0.2, 0.25) is 0 Å². The van der Waals surface area contributed by atoms with Gasteiger partial charge in [0.1, 0.15) is 5.69 Å². The molecule has 1 fully saturated rings. The zero-order chi connectivity index (χ0) is 20.8.